The molecule has 19 heavy (non-hydrogen) atoms. The van der Waals surface area contributed by atoms with Crippen molar-refractivity contribution in [2.24, 2.45) is 5.73 Å². The monoisotopic (exact) mass is 274 g/mol. The van der Waals surface area contributed by atoms with E-state index in [4.69, 9.17) is 11.5 Å². The highest BCUT2D eigenvalue weighted by Gasteiger charge is 2.03. The van der Waals surface area contributed by atoms with Gasteiger partial charge in [-0.1, -0.05) is 48.5 Å². The Bertz CT molecular complexity index is 524. The Morgan fingerprint density at radius 2 is 1.63 bits per heavy atom. The van der Waals surface area contributed by atoms with Crippen LogP contribution in [0.2, 0.25) is 0 Å². The lowest BCUT2D eigenvalue weighted by Crippen LogP contribution is -1.88. The predicted molar refractivity (Wildman–Crippen MR) is 85.6 cm³/mol. The van der Waals surface area contributed by atoms with Gasteiger partial charge in [-0.3, -0.25) is 0 Å². The fraction of sp³-hybridized carbons (Fsp3) is 0.250. The molecule has 4 N–H and O–H groups in total. The molecule has 0 aliphatic rings. The van der Waals surface area contributed by atoms with Gasteiger partial charge in [-0.05, 0) is 44.2 Å². The van der Waals surface area contributed by atoms with Crippen LogP contribution >= 0.6 is 11.8 Å². The van der Waals surface area contributed by atoms with Crippen LogP contribution in [0.25, 0.3) is 0 Å². The van der Waals surface area contributed by atoms with E-state index < -0.39 is 0 Å². The molecule has 2 aromatic rings. The summed E-state index contributed by atoms with van der Waals surface area (Å²) in [6.45, 7) is 6.90. The number of aryl methyl sites for hydroxylation is 2. The highest BCUT2D eigenvalue weighted by atomic mass is 32.2. The molecule has 0 bridgehead atoms. The SMILES string of the molecule is CCN.Cc1ccc(Sc2ccccc2N)c(C)c1. The lowest BCUT2D eigenvalue weighted by Gasteiger charge is -2.08. The fourth-order valence-electron chi connectivity index (χ4n) is 1.61. The third-order valence-corrected chi connectivity index (χ3v) is 3.74. The molecule has 2 rings (SSSR count). The molecule has 0 atom stereocenters. The molecule has 0 aliphatic carbocycles. The van der Waals surface area contributed by atoms with Crippen LogP contribution in [0.4, 0.5) is 5.69 Å². The number of hydrogen-bond acceptors (Lipinski definition) is 3. The van der Waals surface area contributed by atoms with Gasteiger partial charge in [0.05, 0.1) is 0 Å². The first kappa shape index (κ1) is 15.6. The van der Waals surface area contributed by atoms with Crippen molar-refractivity contribution >= 4 is 17.4 Å². The molecule has 0 saturated carbocycles. The van der Waals surface area contributed by atoms with Crippen LogP contribution in [0.15, 0.2) is 52.3 Å². The van der Waals surface area contributed by atoms with E-state index in [0.717, 1.165) is 17.1 Å². The van der Waals surface area contributed by atoms with Crippen LogP contribution in [-0.4, -0.2) is 6.54 Å². The number of anilines is 1. The highest BCUT2D eigenvalue weighted by molar-refractivity contribution is 7.99. The number of nitrogen functional groups attached to an aromatic ring is 1. The normalized spacial score (nSPS) is 9.68. The Morgan fingerprint density at radius 1 is 1.00 bits per heavy atom. The van der Waals surface area contributed by atoms with Crippen molar-refractivity contribution in [3.63, 3.8) is 0 Å². The first-order chi connectivity index (χ1) is 9.08. The van der Waals surface area contributed by atoms with Crippen molar-refractivity contribution in [3.8, 4) is 0 Å². The second-order valence-corrected chi connectivity index (χ2v) is 5.40. The van der Waals surface area contributed by atoms with Crippen molar-refractivity contribution in [2.45, 2.75) is 30.6 Å². The van der Waals surface area contributed by atoms with Gasteiger partial charge in [0.15, 0.2) is 0 Å². The standard InChI is InChI=1S/C14H15NS.C2H7N/c1-10-7-8-13(11(2)9-10)16-14-6-4-3-5-12(14)15;1-2-3/h3-9H,15H2,1-2H3;2-3H2,1H3. The van der Waals surface area contributed by atoms with Crippen LogP contribution < -0.4 is 11.5 Å². The Labute approximate surface area is 120 Å². The minimum atomic E-state index is 0.750. The topological polar surface area (TPSA) is 52.0 Å². The molecular formula is C16H22N2S. The highest BCUT2D eigenvalue weighted by Crippen LogP contribution is 2.33. The van der Waals surface area contributed by atoms with E-state index in [0.29, 0.717) is 0 Å². The molecule has 0 unspecified atom stereocenters. The smallest absolute Gasteiger partial charge is 0.0455 e. The lowest BCUT2D eigenvalue weighted by molar-refractivity contribution is 1.14. The quantitative estimate of drug-likeness (QED) is 0.814. The average Bonchev–Trinajstić information content (AvgIpc) is 2.36. The first-order valence-corrected chi connectivity index (χ1v) is 7.19. The molecule has 102 valence electrons. The van der Waals surface area contributed by atoms with Crippen molar-refractivity contribution in [1.29, 1.82) is 0 Å². The summed E-state index contributed by atoms with van der Waals surface area (Å²) in [5.41, 5.74) is 14.2. The van der Waals surface area contributed by atoms with Crippen molar-refractivity contribution in [2.75, 3.05) is 12.3 Å². The van der Waals surface area contributed by atoms with E-state index in [1.807, 2.05) is 25.1 Å². The molecule has 2 aromatic carbocycles. The second-order valence-electron chi connectivity index (χ2n) is 4.32. The van der Waals surface area contributed by atoms with Gasteiger partial charge in [0.1, 0.15) is 0 Å². The van der Waals surface area contributed by atoms with E-state index >= 15 is 0 Å². The van der Waals surface area contributed by atoms with Crippen LogP contribution in [0.5, 0.6) is 0 Å². The summed E-state index contributed by atoms with van der Waals surface area (Å²) >= 11 is 1.72. The Hall–Kier alpha value is -1.45. The molecule has 0 saturated heterocycles. The predicted octanol–water partition coefficient (Wildman–Crippen LogP) is 4.00. The summed E-state index contributed by atoms with van der Waals surface area (Å²) in [5.74, 6) is 0. The van der Waals surface area contributed by atoms with E-state index in [1.165, 1.54) is 16.0 Å². The number of hydrogen-bond donors (Lipinski definition) is 2. The Morgan fingerprint density at radius 3 is 2.21 bits per heavy atom. The molecule has 0 amide bonds. The summed E-state index contributed by atoms with van der Waals surface area (Å²) in [6, 6.07) is 14.5. The van der Waals surface area contributed by atoms with Gasteiger partial charge in [-0.25, -0.2) is 0 Å². The summed E-state index contributed by atoms with van der Waals surface area (Å²) < 4.78 is 0. The van der Waals surface area contributed by atoms with Crippen LogP contribution in [0, 0.1) is 13.8 Å². The maximum absolute atomic E-state index is 5.93. The maximum atomic E-state index is 5.93. The molecule has 0 spiro atoms. The number of benzene rings is 2. The minimum absolute atomic E-state index is 0.750. The van der Waals surface area contributed by atoms with Crippen molar-refractivity contribution < 1.29 is 0 Å². The van der Waals surface area contributed by atoms with Crippen molar-refractivity contribution in [3.05, 3.63) is 53.6 Å². The number of nitrogens with two attached hydrogens (primary N) is 2. The summed E-state index contributed by atoms with van der Waals surface area (Å²) in [5, 5.41) is 0. The van der Waals surface area contributed by atoms with Crippen LogP contribution in [0.3, 0.4) is 0 Å². The third-order valence-electron chi connectivity index (χ3n) is 2.47. The van der Waals surface area contributed by atoms with Gasteiger partial charge in [0, 0.05) is 15.5 Å². The summed E-state index contributed by atoms with van der Waals surface area (Å²) in [6.07, 6.45) is 0. The van der Waals surface area contributed by atoms with Gasteiger partial charge in [-0.15, -0.1) is 0 Å². The average molecular weight is 274 g/mol. The van der Waals surface area contributed by atoms with Gasteiger partial charge in [0.25, 0.3) is 0 Å². The maximum Gasteiger partial charge on any atom is 0.0455 e. The lowest BCUT2D eigenvalue weighted by atomic mass is 10.2. The molecule has 0 aromatic heterocycles. The Balaban J connectivity index is 0.000000550. The summed E-state index contributed by atoms with van der Waals surface area (Å²) in [7, 11) is 0. The molecule has 0 radical (unpaired) electrons. The summed E-state index contributed by atoms with van der Waals surface area (Å²) in [4.78, 5) is 2.39. The van der Waals surface area contributed by atoms with Crippen molar-refractivity contribution in [1.82, 2.24) is 0 Å². The molecule has 0 fully saturated rings. The fourth-order valence-corrected chi connectivity index (χ4v) is 2.53. The largest absolute Gasteiger partial charge is 0.398 e. The molecule has 0 aliphatic heterocycles. The van der Waals surface area contributed by atoms with E-state index in [1.54, 1.807) is 11.8 Å². The van der Waals surface area contributed by atoms with Gasteiger partial charge >= 0.3 is 0 Å². The van der Waals surface area contributed by atoms with E-state index in [2.05, 4.69) is 38.1 Å². The number of para-hydroxylation sites is 1. The zero-order valence-corrected chi connectivity index (χ0v) is 12.6. The number of rotatable bonds is 2. The van der Waals surface area contributed by atoms with Gasteiger partial charge in [0.2, 0.25) is 0 Å². The molecular weight excluding hydrogens is 252 g/mol. The van der Waals surface area contributed by atoms with E-state index in [-0.39, 0.29) is 0 Å². The molecule has 3 heteroatoms. The van der Waals surface area contributed by atoms with Crippen LogP contribution in [-0.2, 0) is 0 Å². The van der Waals surface area contributed by atoms with E-state index in [9.17, 15) is 0 Å². The third kappa shape index (κ3) is 4.97. The molecule has 0 heterocycles. The second kappa shape index (κ2) is 7.87. The van der Waals surface area contributed by atoms with Gasteiger partial charge in [-0.2, -0.15) is 0 Å². The van der Waals surface area contributed by atoms with Crippen LogP contribution in [0.1, 0.15) is 18.1 Å². The molecule has 2 nitrogen and oxygen atoms in total. The minimum Gasteiger partial charge on any atom is -0.398 e. The Kier molecular flexibility index (Phi) is 6.46. The zero-order valence-electron chi connectivity index (χ0n) is 11.8. The first-order valence-electron chi connectivity index (χ1n) is 6.38. The van der Waals surface area contributed by atoms with Gasteiger partial charge < -0.3 is 11.5 Å². The zero-order chi connectivity index (χ0) is 14.3.